The summed E-state index contributed by atoms with van der Waals surface area (Å²) in [4.78, 5) is 0. The Hall–Kier alpha value is -0.860. The third kappa shape index (κ3) is 12.5. The van der Waals surface area contributed by atoms with Crippen molar-refractivity contribution in [2.24, 2.45) is 0 Å². The third-order valence-corrected chi connectivity index (χ3v) is 5.11. The Morgan fingerprint density at radius 3 is 2.08 bits per heavy atom. The molecule has 1 unspecified atom stereocenters. The Kier molecular flexibility index (Phi) is 15.6. The number of benzene rings is 1. The maximum absolute atomic E-state index is 5.78. The van der Waals surface area contributed by atoms with Crippen molar-refractivity contribution < 1.29 is 4.74 Å². The normalized spacial score (nSPS) is 12.4. The summed E-state index contributed by atoms with van der Waals surface area (Å²) in [6.45, 7) is 8.33. The first-order chi connectivity index (χ1) is 12.9. The first-order valence-corrected chi connectivity index (χ1v) is 11.2. The molecule has 0 radical (unpaired) electrons. The Morgan fingerprint density at radius 2 is 1.42 bits per heavy atom. The van der Waals surface area contributed by atoms with E-state index in [1.165, 1.54) is 76.2 Å². The molecule has 1 aromatic rings. The van der Waals surface area contributed by atoms with Crippen LogP contribution in [-0.4, -0.2) is 26.3 Å². The lowest BCUT2D eigenvalue weighted by molar-refractivity contribution is 0.131. The van der Waals surface area contributed by atoms with Crippen molar-refractivity contribution in [3.05, 3.63) is 35.9 Å². The molecule has 0 aromatic heterocycles. The zero-order valence-electron chi connectivity index (χ0n) is 17.5. The van der Waals surface area contributed by atoms with E-state index in [-0.39, 0.29) is 0 Å². The van der Waals surface area contributed by atoms with Gasteiger partial charge in [0, 0.05) is 19.7 Å². The number of ether oxygens (including phenoxy) is 1. The molecule has 2 nitrogen and oxygen atoms in total. The first kappa shape index (κ1) is 23.2. The Bertz CT molecular complexity index is 392. The Balaban J connectivity index is 1.91. The number of unbranched alkanes of at least 4 members (excludes halogenated alkanes) is 8. The second-order valence-electron chi connectivity index (χ2n) is 7.54. The molecule has 0 bridgehead atoms. The lowest BCUT2D eigenvalue weighted by Crippen LogP contribution is -2.25. The highest BCUT2D eigenvalue weighted by Crippen LogP contribution is 2.19. The van der Waals surface area contributed by atoms with Gasteiger partial charge in [-0.25, -0.2) is 0 Å². The zero-order valence-corrected chi connectivity index (χ0v) is 17.5. The summed E-state index contributed by atoms with van der Waals surface area (Å²) in [7, 11) is 0. The van der Waals surface area contributed by atoms with Gasteiger partial charge in [-0.05, 0) is 24.3 Å². The topological polar surface area (TPSA) is 21.3 Å². The third-order valence-electron chi connectivity index (χ3n) is 5.11. The average Bonchev–Trinajstić information content (AvgIpc) is 2.68. The molecule has 0 fully saturated rings. The number of hydrogen-bond donors (Lipinski definition) is 1. The Labute approximate surface area is 163 Å². The highest BCUT2D eigenvalue weighted by atomic mass is 16.5. The minimum absolute atomic E-state index is 0.624. The van der Waals surface area contributed by atoms with Gasteiger partial charge in [0.25, 0.3) is 0 Å². The lowest BCUT2D eigenvalue weighted by Gasteiger charge is -2.17. The van der Waals surface area contributed by atoms with E-state index in [1.807, 2.05) is 0 Å². The van der Waals surface area contributed by atoms with Gasteiger partial charge in [0.05, 0.1) is 6.61 Å². The maximum Gasteiger partial charge on any atom is 0.0590 e. The van der Waals surface area contributed by atoms with Crippen LogP contribution in [0.3, 0.4) is 0 Å². The van der Waals surface area contributed by atoms with Crippen LogP contribution in [0.4, 0.5) is 0 Å². The average molecular weight is 362 g/mol. The lowest BCUT2D eigenvalue weighted by atomic mass is 9.94. The van der Waals surface area contributed by atoms with Gasteiger partial charge in [0.1, 0.15) is 0 Å². The Morgan fingerprint density at radius 1 is 0.769 bits per heavy atom. The number of rotatable bonds is 18. The molecule has 0 aliphatic heterocycles. The fourth-order valence-corrected chi connectivity index (χ4v) is 3.50. The standard InChI is InChI=1S/C24H43NO/c1-3-5-6-7-8-9-10-11-15-20-26-21-19-25-22-24(16-4-2)23-17-13-12-14-18-23/h12-14,17-18,24-25H,3-11,15-16,19-22H2,1-2H3. The SMILES string of the molecule is CCCCCCCCCCCOCCNCC(CCC)c1ccccc1. The van der Waals surface area contributed by atoms with Crippen LogP contribution in [-0.2, 0) is 4.74 Å². The first-order valence-electron chi connectivity index (χ1n) is 11.2. The van der Waals surface area contributed by atoms with Crippen LogP contribution in [0, 0.1) is 0 Å². The van der Waals surface area contributed by atoms with Gasteiger partial charge < -0.3 is 10.1 Å². The molecule has 2 heteroatoms. The van der Waals surface area contributed by atoms with E-state index in [4.69, 9.17) is 4.74 Å². The van der Waals surface area contributed by atoms with Crippen molar-refractivity contribution in [1.29, 1.82) is 0 Å². The van der Waals surface area contributed by atoms with Crippen LogP contribution < -0.4 is 5.32 Å². The number of nitrogens with one attached hydrogen (secondary N) is 1. The van der Waals surface area contributed by atoms with Gasteiger partial charge in [-0.15, -0.1) is 0 Å². The van der Waals surface area contributed by atoms with E-state index < -0.39 is 0 Å². The molecule has 150 valence electrons. The monoisotopic (exact) mass is 361 g/mol. The molecular weight excluding hydrogens is 318 g/mol. The largest absolute Gasteiger partial charge is 0.380 e. The quantitative estimate of drug-likeness (QED) is 0.293. The molecule has 0 saturated heterocycles. The van der Waals surface area contributed by atoms with Crippen LogP contribution in [0.1, 0.15) is 96.0 Å². The van der Waals surface area contributed by atoms with Crippen LogP contribution in [0.2, 0.25) is 0 Å². The number of hydrogen-bond acceptors (Lipinski definition) is 2. The minimum Gasteiger partial charge on any atom is -0.380 e. The van der Waals surface area contributed by atoms with Gasteiger partial charge in [0.15, 0.2) is 0 Å². The highest BCUT2D eigenvalue weighted by molar-refractivity contribution is 5.19. The van der Waals surface area contributed by atoms with Crippen LogP contribution in [0.15, 0.2) is 30.3 Å². The molecule has 1 aromatic carbocycles. The predicted octanol–water partition coefficient (Wildman–Crippen LogP) is 6.71. The van der Waals surface area contributed by atoms with Crippen molar-refractivity contribution in [2.75, 3.05) is 26.3 Å². The molecule has 1 atom stereocenters. The van der Waals surface area contributed by atoms with E-state index in [1.54, 1.807) is 0 Å². The summed E-state index contributed by atoms with van der Waals surface area (Å²) in [6, 6.07) is 10.9. The summed E-state index contributed by atoms with van der Waals surface area (Å²) in [6.07, 6.45) is 14.8. The summed E-state index contributed by atoms with van der Waals surface area (Å²) in [5.41, 5.74) is 1.46. The van der Waals surface area contributed by atoms with Crippen molar-refractivity contribution in [2.45, 2.75) is 90.4 Å². The van der Waals surface area contributed by atoms with Crippen molar-refractivity contribution in [1.82, 2.24) is 5.32 Å². The van der Waals surface area contributed by atoms with Gasteiger partial charge in [-0.1, -0.05) is 102 Å². The minimum atomic E-state index is 0.624. The van der Waals surface area contributed by atoms with E-state index >= 15 is 0 Å². The molecule has 1 rings (SSSR count). The van der Waals surface area contributed by atoms with E-state index in [9.17, 15) is 0 Å². The molecule has 0 aliphatic carbocycles. The molecule has 0 saturated carbocycles. The van der Waals surface area contributed by atoms with Gasteiger partial charge in [-0.3, -0.25) is 0 Å². The maximum atomic E-state index is 5.78. The molecular formula is C24H43NO. The molecule has 0 spiro atoms. The smallest absolute Gasteiger partial charge is 0.0590 e. The summed E-state index contributed by atoms with van der Waals surface area (Å²) in [5, 5.41) is 3.58. The van der Waals surface area contributed by atoms with Crippen molar-refractivity contribution in [3.8, 4) is 0 Å². The van der Waals surface area contributed by atoms with Gasteiger partial charge >= 0.3 is 0 Å². The summed E-state index contributed by atoms with van der Waals surface area (Å²) in [5.74, 6) is 0.624. The van der Waals surface area contributed by atoms with E-state index in [0.29, 0.717) is 5.92 Å². The molecule has 0 heterocycles. The van der Waals surface area contributed by atoms with Crippen molar-refractivity contribution in [3.63, 3.8) is 0 Å². The highest BCUT2D eigenvalue weighted by Gasteiger charge is 2.09. The fraction of sp³-hybridized carbons (Fsp3) is 0.750. The van der Waals surface area contributed by atoms with Crippen LogP contribution >= 0.6 is 0 Å². The fourth-order valence-electron chi connectivity index (χ4n) is 3.50. The molecule has 1 N–H and O–H groups in total. The summed E-state index contributed by atoms with van der Waals surface area (Å²) < 4.78 is 5.78. The molecule has 0 aliphatic rings. The molecule has 26 heavy (non-hydrogen) atoms. The van der Waals surface area contributed by atoms with Crippen LogP contribution in [0.25, 0.3) is 0 Å². The van der Waals surface area contributed by atoms with Gasteiger partial charge in [-0.2, -0.15) is 0 Å². The second-order valence-corrected chi connectivity index (χ2v) is 7.54. The van der Waals surface area contributed by atoms with E-state index in [0.717, 1.165) is 26.3 Å². The van der Waals surface area contributed by atoms with Crippen LogP contribution in [0.5, 0.6) is 0 Å². The summed E-state index contributed by atoms with van der Waals surface area (Å²) >= 11 is 0. The zero-order chi connectivity index (χ0) is 18.7. The van der Waals surface area contributed by atoms with Gasteiger partial charge in [0.2, 0.25) is 0 Å². The van der Waals surface area contributed by atoms with Crippen molar-refractivity contribution >= 4 is 0 Å². The molecule has 0 amide bonds. The second kappa shape index (κ2) is 17.5. The predicted molar refractivity (Wildman–Crippen MR) is 115 cm³/mol. The van der Waals surface area contributed by atoms with E-state index in [2.05, 4.69) is 49.5 Å².